The highest BCUT2D eigenvalue weighted by Gasteiger charge is 2.31. The SMILES string of the molecule is Cc1cc(OC(F)(F)F)ccc1Nc1cc(-c2ccccn2)nc(NC2CCCC2)n1. The first-order chi connectivity index (χ1) is 14.9. The number of ether oxygens (including phenoxy) is 1. The second-order valence-corrected chi connectivity index (χ2v) is 7.45. The predicted octanol–water partition coefficient (Wildman–Crippen LogP) is 5.84. The molecule has 1 aliphatic carbocycles. The molecular weight excluding hydrogens is 407 g/mol. The second-order valence-electron chi connectivity index (χ2n) is 7.45. The predicted molar refractivity (Wildman–Crippen MR) is 112 cm³/mol. The molecule has 0 atom stereocenters. The van der Waals surface area contributed by atoms with E-state index in [0.717, 1.165) is 12.8 Å². The fraction of sp³-hybridized carbons (Fsp3) is 0.318. The molecule has 3 aromatic rings. The summed E-state index contributed by atoms with van der Waals surface area (Å²) in [6, 6.07) is 11.8. The third kappa shape index (κ3) is 5.62. The third-order valence-electron chi connectivity index (χ3n) is 5.04. The van der Waals surface area contributed by atoms with E-state index in [4.69, 9.17) is 0 Å². The Hall–Kier alpha value is -3.36. The lowest BCUT2D eigenvalue weighted by molar-refractivity contribution is -0.274. The van der Waals surface area contributed by atoms with Gasteiger partial charge in [0.1, 0.15) is 11.6 Å². The summed E-state index contributed by atoms with van der Waals surface area (Å²) in [5.74, 6) is 0.743. The molecular formula is C22H22F3N5O. The molecule has 6 nitrogen and oxygen atoms in total. The molecule has 2 heterocycles. The number of nitrogens with zero attached hydrogens (tertiary/aromatic N) is 3. The van der Waals surface area contributed by atoms with E-state index >= 15 is 0 Å². The van der Waals surface area contributed by atoms with Crippen molar-refractivity contribution in [1.29, 1.82) is 0 Å². The Balaban J connectivity index is 1.62. The number of benzene rings is 1. The molecule has 0 bridgehead atoms. The summed E-state index contributed by atoms with van der Waals surface area (Å²) in [6.07, 6.45) is 1.45. The van der Waals surface area contributed by atoms with Crippen molar-refractivity contribution < 1.29 is 17.9 Å². The summed E-state index contributed by atoms with van der Waals surface area (Å²) in [6.45, 7) is 1.70. The van der Waals surface area contributed by atoms with Crippen LogP contribution in [0.15, 0.2) is 48.7 Å². The Labute approximate surface area is 177 Å². The molecule has 0 amide bonds. The number of hydrogen-bond acceptors (Lipinski definition) is 6. The first kappa shape index (κ1) is 20.9. The Morgan fingerprint density at radius 3 is 2.48 bits per heavy atom. The molecule has 162 valence electrons. The number of anilines is 3. The molecule has 1 fully saturated rings. The Kier molecular flexibility index (Phi) is 5.92. The molecule has 1 aromatic carbocycles. The van der Waals surface area contributed by atoms with Crippen LogP contribution in [-0.4, -0.2) is 27.4 Å². The summed E-state index contributed by atoms with van der Waals surface area (Å²) >= 11 is 0. The number of nitrogens with one attached hydrogen (secondary N) is 2. The molecule has 0 saturated heterocycles. The maximum absolute atomic E-state index is 12.5. The van der Waals surface area contributed by atoms with E-state index in [0.29, 0.717) is 40.4 Å². The van der Waals surface area contributed by atoms with E-state index in [1.807, 2.05) is 18.2 Å². The highest BCUT2D eigenvalue weighted by Crippen LogP contribution is 2.30. The van der Waals surface area contributed by atoms with Crippen LogP contribution in [0.1, 0.15) is 31.2 Å². The Morgan fingerprint density at radius 2 is 1.81 bits per heavy atom. The first-order valence-corrected chi connectivity index (χ1v) is 10.1. The van der Waals surface area contributed by atoms with Crippen LogP contribution in [0.5, 0.6) is 5.75 Å². The van der Waals surface area contributed by atoms with Crippen LogP contribution in [0, 0.1) is 6.92 Å². The van der Waals surface area contributed by atoms with Gasteiger partial charge in [-0.1, -0.05) is 18.9 Å². The fourth-order valence-corrected chi connectivity index (χ4v) is 3.59. The molecule has 1 aliphatic rings. The van der Waals surface area contributed by atoms with Crippen LogP contribution < -0.4 is 15.4 Å². The molecule has 0 aliphatic heterocycles. The highest BCUT2D eigenvalue weighted by molar-refractivity contribution is 5.67. The quantitative estimate of drug-likeness (QED) is 0.513. The summed E-state index contributed by atoms with van der Waals surface area (Å²) in [4.78, 5) is 13.5. The lowest BCUT2D eigenvalue weighted by Gasteiger charge is -2.16. The van der Waals surface area contributed by atoms with Gasteiger partial charge in [0.15, 0.2) is 0 Å². The topological polar surface area (TPSA) is 72.0 Å². The van der Waals surface area contributed by atoms with Crippen LogP contribution in [0.4, 0.5) is 30.6 Å². The number of halogens is 3. The van der Waals surface area contributed by atoms with Crippen molar-refractivity contribution in [3.05, 3.63) is 54.2 Å². The first-order valence-electron chi connectivity index (χ1n) is 10.1. The molecule has 2 aromatic heterocycles. The normalized spacial score (nSPS) is 14.5. The Bertz CT molecular complexity index is 1040. The monoisotopic (exact) mass is 429 g/mol. The van der Waals surface area contributed by atoms with E-state index in [1.165, 1.54) is 31.0 Å². The van der Waals surface area contributed by atoms with Crippen LogP contribution in [0.2, 0.25) is 0 Å². The van der Waals surface area contributed by atoms with Crippen molar-refractivity contribution in [3.63, 3.8) is 0 Å². The van der Waals surface area contributed by atoms with Crippen molar-refractivity contribution >= 4 is 17.5 Å². The number of aryl methyl sites for hydroxylation is 1. The molecule has 0 spiro atoms. The number of aromatic nitrogens is 3. The molecule has 0 radical (unpaired) electrons. The van der Waals surface area contributed by atoms with E-state index in [1.54, 1.807) is 19.2 Å². The van der Waals surface area contributed by atoms with Gasteiger partial charge in [-0.3, -0.25) is 4.98 Å². The molecule has 4 rings (SSSR count). The largest absolute Gasteiger partial charge is 0.573 e. The average Bonchev–Trinajstić information content (AvgIpc) is 3.22. The van der Waals surface area contributed by atoms with Crippen LogP contribution in [0.3, 0.4) is 0 Å². The van der Waals surface area contributed by atoms with Crippen molar-refractivity contribution in [2.75, 3.05) is 10.6 Å². The molecule has 0 unspecified atom stereocenters. The van der Waals surface area contributed by atoms with Crippen molar-refractivity contribution in [1.82, 2.24) is 15.0 Å². The van der Waals surface area contributed by atoms with E-state index < -0.39 is 6.36 Å². The van der Waals surface area contributed by atoms with Gasteiger partial charge < -0.3 is 15.4 Å². The zero-order valence-corrected chi connectivity index (χ0v) is 16.9. The van der Waals surface area contributed by atoms with Crippen molar-refractivity contribution in [2.24, 2.45) is 0 Å². The van der Waals surface area contributed by atoms with E-state index in [-0.39, 0.29) is 5.75 Å². The number of rotatable bonds is 6. The van der Waals surface area contributed by atoms with Crippen molar-refractivity contribution in [3.8, 4) is 17.1 Å². The van der Waals surface area contributed by atoms with Crippen LogP contribution >= 0.6 is 0 Å². The minimum atomic E-state index is -4.73. The van der Waals surface area contributed by atoms with E-state index in [9.17, 15) is 13.2 Å². The van der Waals surface area contributed by atoms with Gasteiger partial charge in [0.05, 0.1) is 11.4 Å². The maximum atomic E-state index is 12.5. The maximum Gasteiger partial charge on any atom is 0.573 e. The lowest BCUT2D eigenvalue weighted by atomic mass is 10.2. The van der Waals surface area contributed by atoms with Gasteiger partial charge in [-0.25, -0.2) is 4.98 Å². The van der Waals surface area contributed by atoms with Gasteiger partial charge in [0.2, 0.25) is 5.95 Å². The number of pyridine rings is 1. The lowest BCUT2D eigenvalue weighted by Crippen LogP contribution is -2.17. The smallest absolute Gasteiger partial charge is 0.406 e. The van der Waals surface area contributed by atoms with Gasteiger partial charge in [0, 0.05) is 24.0 Å². The molecule has 9 heteroatoms. The highest BCUT2D eigenvalue weighted by atomic mass is 19.4. The minimum Gasteiger partial charge on any atom is -0.406 e. The van der Waals surface area contributed by atoms with Gasteiger partial charge in [-0.15, -0.1) is 13.2 Å². The van der Waals surface area contributed by atoms with Gasteiger partial charge >= 0.3 is 6.36 Å². The summed E-state index contributed by atoms with van der Waals surface area (Å²) < 4.78 is 41.4. The minimum absolute atomic E-state index is 0.268. The summed E-state index contributed by atoms with van der Waals surface area (Å²) in [5.41, 5.74) is 2.55. The molecule has 31 heavy (non-hydrogen) atoms. The summed E-state index contributed by atoms with van der Waals surface area (Å²) in [5, 5.41) is 6.57. The number of alkyl halides is 3. The Morgan fingerprint density at radius 1 is 1.00 bits per heavy atom. The standard InChI is InChI=1S/C22H22F3N5O/c1-14-12-16(31-22(23,24)25)9-10-17(14)28-20-13-19(18-8-4-5-11-26-18)29-21(30-20)27-15-6-2-3-7-15/h4-5,8-13,15H,2-3,6-7H2,1H3,(H2,27,28,29,30). The summed E-state index contributed by atoms with van der Waals surface area (Å²) in [7, 11) is 0. The van der Waals surface area contributed by atoms with Gasteiger partial charge in [-0.05, 0) is 55.7 Å². The average molecular weight is 429 g/mol. The molecule has 1 saturated carbocycles. The molecule has 2 N–H and O–H groups in total. The third-order valence-corrected chi connectivity index (χ3v) is 5.04. The van der Waals surface area contributed by atoms with Crippen molar-refractivity contribution in [2.45, 2.75) is 45.0 Å². The zero-order valence-electron chi connectivity index (χ0n) is 16.9. The van der Waals surface area contributed by atoms with Gasteiger partial charge in [-0.2, -0.15) is 4.98 Å². The van der Waals surface area contributed by atoms with Gasteiger partial charge in [0.25, 0.3) is 0 Å². The zero-order chi connectivity index (χ0) is 21.8. The second kappa shape index (κ2) is 8.79. The number of hydrogen-bond donors (Lipinski definition) is 2. The van der Waals surface area contributed by atoms with Crippen LogP contribution in [0.25, 0.3) is 11.4 Å². The fourth-order valence-electron chi connectivity index (χ4n) is 3.59. The van der Waals surface area contributed by atoms with Crippen LogP contribution in [-0.2, 0) is 0 Å². The van der Waals surface area contributed by atoms with E-state index in [2.05, 4.69) is 30.3 Å².